The van der Waals surface area contributed by atoms with Gasteiger partial charge in [-0.25, -0.2) is 13.8 Å². The predicted octanol–water partition coefficient (Wildman–Crippen LogP) is 7.55. The zero-order valence-electron chi connectivity index (χ0n) is 19.9. The lowest BCUT2D eigenvalue weighted by Gasteiger charge is -2.19. The predicted molar refractivity (Wildman–Crippen MR) is 142 cm³/mol. The Labute approximate surface area is 223 Å². The van der Waals surface area contributed by atoms with E-state index >= 15 is 0 Å². The topological polar surface area (TPSA) is 77.2 Å². The van der Waals surface area contributed by atoms with E-state index in [9.17, 15) is 13.6 Å². The van der Waals surface area contributed by atoms with Crippen molar-refractivity contribution in [2.45, 2.75) is 26.0 Å². The lowest BCUT2D eigenvalue weighted by molar-refractivity contribution is 0.0940. The maximum absolute atomic E-state index is 14.0. The van der Waals surface area contributed by atoms with E-state index in [0.717, 1.165) is 11.1 Å². The maximum Gasteiger partial charge on any atom is 0.251 e. The van der Waals surface area contributed by atoms with Gasteiger partial charge in [-0.05, 0) is 67.4 Å². The van der Waals surface area contributed by atoms with Crippen molar-refractivity contribution in [3.05, 3.63) is 111 Å². The Hall–Kier alpha value is -3.68. The molecule has 9 heteroatoms. The van der Waals surface area contributed by atoms with Gasteiger partial charge >= 0.3 is 0 Å². The van der Waals surface area contributed by atoms with Crippen LogP contribution in [0.5, 0.6) is 5.75 Å². The van der Waals surface area contributed by atoms with Gasteiger partial charge in [0.15, 0.2) is 11.6 Å². The van der Waals surface area contributed by atoms with Crippen molar-refractivity contribution < 1.29 is 18.3 Å². The van der Waals surface area contributed by atoms with E-state index in [2.05, 4.69) is 10.3 Å². The van der Waals surface area contributed by atoms with Gasteiger partial charge in [0, 0.05) is 27.9 Å². The highest BCUT2D eigenvalue weighted by atomic mass is 35.5. The summed E-state index contributed by atoms with van der Waals surface area (Å²) in [6.07, 6.45) is 0.880. The number of amides is 1. The first-order chi connectivity index (χ1) is 17.6. The normalized spacial score (nSPS) is 12.6. The van der Waals surface area contributed by atoms with Crippen molar-refractivity contribution in [3.8, 4) is 16.9 Å². The van der Waals surface area contributed by atoms with Crippen LogP contribution < -0.4 is 15.8 Å². The third-order valence-corrected chi connectivity index (χ3v) is 6.58. The first-order valence-electron chi connectivity index (χ1n) is 11.4. The fraction of sp³-hybridized carbons (Fsp3) is 0.143. The summed E-state index contributed by atoms with van der Waals surface area (Å²) < 4.78 is 33.1. The van der Waals surface area contributed by atoms with Gasteiger partial charge in [0.25, 0.3) is 5.91 Å². The number of nitrogens with zero attached hydrogens (tertiary/aromatic N) is 1. The van der Waals surface area contributed by atoms with E-state index in [-0.39, 0.29) is 39.4 Å². The lowest BCUT2D eigenvalue weighted by atomic mass is 10.0. The zero-order valence-corrected chi connectivity index (χ0v) is 21.4. The molecule has 4 rings (SSSR count). The highest BCUT2D eigenvalue weighted by Gasteiger charge is 2.20. The van der Waals surface area contributed by atoms with Gasteiger partial charge in [-0.3, -0.25) is 4.79 Å². The Balaban J connectivity index is 1.50. The molecule has 0 radical (unpaired) electrons. The van der Waals surface area contributed by atoms with Crippen LogP contribution in [0.25, 0.3) is 11.1 Å². The van der Waals surface area contributed by atoms with Gasteiger partial charge in [-0.2, -0.15) is 0 Å². The Morgan fingerprint density at radius 2 is 1.65 bits per heavy atom. The summed E-state index contributed by atoms with van der Waals surface area (Å²) in [4.78, 5) is 16.9. The first-order valence-corrected chi connectivity index (χ1v) is 12.1. The van der Waals surface area contributed by atoms with Crippen molar-refractivity contribution in [2.75, 3.05) is 5.73 Å². The summed E-state index contributed by atoms with van der Waals surface area (Å²) in [5, 5.41) is 3.05. The molecule has 5 nitrogen and oxygen atoms in total. The third-order valence-electron chi connectivity index (χ3n) is 5.87. The molecule has 0 spiro atoms. The molecule has 1 heterocycles. The number of hydrogen-bond acceptors (Lipinski definition) is 4. The molecule has 0 aliphatic heterocycles. The smallest absolute Gasteiger partial charge is 0.251 e. The fourth-order valence-electron chi connectivity index (χ4n) is 3.80. The van der Waals surface area contributed by atoms with Crippen LogP contribution in [0.2, 0.25) is 10.0 Å². The van der Waals surface area contributed by atoms with E-state index in [0.29, 0.717) is 16.7 Å². The van der Waals surface area contributed by atoms with Gasteiger partial charge in [0.1, 0.15) is 17.7 Å². The number of carbonyl (C=O) groups excluding carboxylic acids is 1. The second-order valence-electron chi connectivity index (χ2n) is 8.45. The molecule has 37 heavy (non-hydrogen) atoms. The monoisotopic (exact) mass is 541 g/mol. The van der Waals surface area contributed by atoms with E-state index in [4.69, 9.17) is 33.7 Å². The SMILES string of the molecule is C[C@H](NC(=O)c1ccc(-c2cnc(N)c(O[C@@H](C)c3c(Cl)ccc(F)c3Cl)c2)cc1)c1ccc(F)cc1. The van der Waals surface area contributed by atoms with Crippen LogP contribution in [0, 0.1) is 11.6 Å². The first kappa shape index (κ1) is 26.4. The minimum absolute atomic E-state index is 0.120. The molecule has 0 saturated heterocycles. The molecule has 190 valence electrons. The molecule has 0 saturated carbocycles. The molecule has 3 N–H and O–H groups in total. The Bertz CT molecular complexity index is 1430. The number of ether oxygens (including phenoxy) is 1. The standard InChI is InChI=1S/C28H23Cl2F2N3O2/c1-15(17-7-9-21(31)10-8-17)35-28(36)19-5-3-18(4-6-19)20-13-24(27(33)34-14-20)37-16(2)25-22(29)11-12-23(32)26(25)30/h3-16H,1-2H3,(H2,33,34)(H,35,36)/t15-,16-/m0/s1. The highest BCUT2D eigenvalue weighted by molar-refractivity contribution is 6.36. The summed E-state index contributed by atoms with van der Waals surface area (Å²) in [6, 6.07) is 16.9. The Kier molecular flexibility index (Phi) is 7.95. The molecule has 0 bridgehead atoms. The van der Waals surface area contributed by atoms with Gasteiger partial charge in [-0.15, -0.1) is 0 Å². The third kappa shape index (κ3) is 6.01. The molecule has 3 aromatic carbocycles. The number of carbonyl (C=O) groups is 1. The summed E-state index contributed by atoms with van der Waals surface area (Å²) in [5.41, 5.74) is 9.04. The van der Waals surface area contributed by atoms with Crippen LogP contribution >= 0.6 is 23.2 Å². The van der Waals surface area contributed by atoms with Crippen LogP contribution in [0.4, 0.5) is 14.6 Å². The number of nitrogen functional groups attached to an aromatic ring is 1. The summed E-state index contributed by atoms with van der Waals surface area (Å²) >= 11 is 12.3. The quantitative estimate of drug-likeness (QED) is 0.237. The average Bonchev–Trinajstić information content (AvgIpc) is 2.88. The van der Waals surface area contributed by atoms with E-state index in [1.165, 1.54) is 24.3 Å². The van der Waals surface area contributed by atoms with Gasteiger partial charge < -0.3 is 15.8 Å². The largest absolute Gasteiger partial charge is 0.482 e. The number of rotatable bonds is 7. The second-order valence-corrected chi connectivity index (χ2v) is 9.23. The molecule has 2 atom stereocenters. The molecule has 1 amide bonds. The van der Waals surface area contributed by atoms with Crippen molar-refractivity contribution in [2.24, 2.45) is 0 Å². The van der Waals surface area contributed by atoms with Crippen molar-refractivity contribution >= 4 is 34.9 Å². The number of halogens is 4. The highest BCUT2D eigenvalue weighted by Crippen LogP contribution is 2.37. The minimum Gasteiger partial charge on any atom is -0.482 e. The van der Waals surface area contributed by atoms with Crippen molar-refractivity contribution in [1.29, 1.82) is 0 Å². The van der Waals surface area contributed by atoms with E-state index < -0.39 is 11.9 Å². The van der Waals surface area contributed by atoms with E-state index in [1.54, 1.807) is 55.6 Å². The van der Waals surface area contributed by atoms with E-state index in [1.807, 2.05) is 6.92 Å². The number of nitrogens with one attached hydrogen (secondary N) is 1. The molecule has 0 aliphatic rings. The molecule has 1 aromatic heterocycles. The number of benzene rings is 3. The number of anilines is 1. The van der Waals surface area contributed by atoms with Gasteiger partial charge in [-0.1, -0.05) is 47.5 Å². The summed E-state index contributed by atoms with van der Waals surface area (Å²) in [6.45, 7) is 3.51. The minimum atomic E-state index is -0.704. The molecule has 0 fully saturated rings. The molecule has 4 aromatic rings. The Morgan fingerprint density at radius 1 is 0.973 bits per heavy atom. The van der Waals surface area contributed by atoms with Gasteiger partial charge in [0.2, 0.25) is 0 Å². The van der Waals surface area contributed by atoms with Crippen LogP contribution in [0.1, 0.15) is 47.5 Å². The second kappa shape index (κ2) is 11.2. The Morgan fingerprint density at radius 3 is 2.32 bits per heavy atom. The molecular formula is C28H23Cl2F2N3O2. The lowest BCUT2D eigenvalue weighted by Crippen LogP contribution is -2.26. The molecule has 0 aliphatic carbocycles. The van der Waals surface area contributed by atoms with Crippen molar-refractivity contribution in [3.63, 3.8) is 0 Å². The van der Waals surface area contributed by atoms with Gasteiger partial charge in [0.05, 0.1) is 11.1 Å². The summed E-state index contributed by atoms with van der Waals surface area (Å²) in [7, 11) is 0. The fourth-order valence-corrected chi connectivity index (χ4v) is 4.48. The van der Waals surface area contributed by atoms with Crippen molar-refractivity contribution in [1.82, 2.24) is 10.3 Å². The number of nitrogens with two attached hydrogens (primary N) is 1. The maximum atomic E-state index is 14.0. The molecule has 0 unspecified atom stereocenters. The van der Waals surface area contributed by atoms with Crippen LogP contribution in [0.3, 0.4) is 0 Å². The zero-order chi connectivity index (χ0) is 26.7. The molecular weight excluding hydrogens is 519 g/mol. The van der Waals surface area contributed by atoms with Crippen LogP contribution in [-0.4, -0.2) is 10.9 Å². The summed E-state index contributed by atoms with van der Waals surface area (Å²) in [5.74, 6) is -0.783. The number of pyridine rings is 1. The van der Waals surface area contributed by atoms with Crippen LogP contribution in [0.15, 0.2) is 72.9 Å². The number of hydrogen-bond donors (Lipinski definition) is 2. The van der Waals surface area contributed by atoms with Crippen LogP contribution in [-0.2, 0) is 0 Å². The average molecular weight is 542 g/mol. The number of aromatic nitrogens is 1.